The van der Waals surface area contributed by atoms with Gasteiger partial charge in [-0.3, -0.25) is 4.79 Å². The van der Waals surface area contributed by atoms with Gasteiger partial charge in [0.1, 0.15) is 0 Å². The molecule has 2 atom stereocenters. The van der Waals surface area contributed by atoms with E-state index < -0.39 is 30.0 Å². The van der Waals surface area contributed by atoms with E-state index in [9.17, 15) is 22.8 Å². The number of rotatable bonds is 6. The molecular formula is C21H29F3N2O3. The number of halogens is 3. The van der Waals surface area contributed by atoms with Crippen molar-refractivity contribution in [3.63, 3.8) is 0 Å². The lowest BCUT2D eigenvalue weighted by Crippen LogP contribution is -2.41. The van der Waals surface area contributed by atoms with Crippen LogP contribution in [0.1, 0.15) is 66.8 Å². The normalized spacial score (nSPS) is 20.1. The van der Waals surface area contributed by atoms with Crippen LogP contribution in [0.4, 0.5) is 13.2 Å². The maximum Gasteiger partial charge on any atom is 0.391 e. The highest BCUT2D eigenvalue weighted by atomic mass is 19.4. The Hall–Kier alpha value is -2.25. The van der Waals surface area contributed by atoms with Crippen LogP contribution in [0.2, 0.25) is 0 Å². The summed E-state index contributed by atoms with van der Waals surface area (Å²) in [5.41, 5.74) is 2.58. The molecule has 29 heavy (non-hydrogen) atoms. The van der Waals surface area contributed by atoms with Crippen molar-refractivity contribution >= 4 is 18.0 Å². The summed E-state index contributed by atoms with van der Waals surface area (Å²) in [4.78, 5) is 24.7. The van der Waals surface area contributed by atoms with Gasteiger partial charge in [0.15, 0.2) is 0 Å². The number of esters is 1. The molecule has 0 aromatic carbocycles. The van der Waals surface area contributed by atoms with Gasteiger partial charge in [0.25, 0.3) is 0 Å². The average Bonchev–Trinajstić information content (AvgIpc) is 2.89. The number of hydrogen-bond donors (Lipinski definition) is 1. The second-order valence-corrected chi connectivity index (χ2v) is 7.37. The molecule has 1 aliphatic carbocycles. The number of carbonyl (C=O) groups is 2. The molecule has 5 nitrogen and oxygen atoms in total. The zero-order chi connectivity index (χ0) is 21.8. The van der Waals surface area contributed by atoms with Gasteiger partial charge in [-0.05, 0) is 53.0 Å². The third-order valence-corrected chi connectivity index (χ3v) is 5.51. The number of aromatic nitrogens is 1. The largest absolute Gasteiger partial charge is 0.462 e. The Balaban J connectivity index is 2.16. The van der Waals surface area contributed by atoms with Gasteiger partial charge in [-0.2, -0.15) is 13.2 Å². The van der Waals surface area contributed by atoms with Crippen molar-refractivity contribution in [1.82, 2.24) is 9.88 Å². The van der Waals surface area contributed by atoms with E-state index in [1.54, 1.807) is 13.0 Å². The highest BCUT2D eigenvalue weighted by Crippen LogP contribution is 2.37. The predicted octanol–water partition coefficient (Wildman–Crippen LogP) is 4.55. The third kappa shape index (κ3) is 5.42. The van der Waals surface area contributed by atoms with Crippen molar-refractivity contribution in [2.75, 3.05) is 6.61 Å². The van der Waals surface area contributed by atoms with Gasteiger partial charge in [-0.15, -0.1) is 0 Å². The molecule has 0 spiro atoms. The Morgan fingerprint density at radius 2 is 1.90 bits per heavy atom. The molecule has 1 saturated carbocycles. The van der Waals surface area contributed by atoms with Gasteiger partial charge in [-0.1, -0.05) is 6.42 Å². The third-order valence-electron chi connectivity index (χ3n) is 5.51. The van der Waals surface area contributed by atoms with Gasteiger partial charge in [0.05, 0.1) is 18.1 Å². The lowest BCUT2D eigenvalue weighted by molar-refractivity contribution is -0.184. The standard InChI is InChI=1S/C21H29F3N2O3/c1-5-26-13(3)17(19(14(26)4)20(28)29-6-2)10-11-18(27)25-16-9-7-8-15(12-16)21(22,23)24/h10-11,15-16H,5-9,12H2,1-4H3,(H,25,27)/b11-10+. The maximum atomic E-state index is 12.9. The number of amides is 1. The van der Waals surface area contributed by atoms with Gasteiger partial charge in [0, 0.05) is 35.6 Å². The van der Waals surface area contributed by atoms with Crippen LogP contribution in [0, 0.1) is 19.8 Å². The smallest absolute Gasteiger partial charge is 0.391 e. The summed E-state index contributed by atoms with van der Waals surface area (Å²) < 4.78 is 45.9. The minimum Gasteiger partial charge on any atom is -0.462 e. The number of hydrogen-bond acceptors (Lipinski definition) is 3. The summed E-state index contributed by atoms with van der Waals surface area (Å²) in [6.45, 7) is 8.24. The summed E-state index contributed by atoms with van der Waals surface area (Å²) in [5, 5.41) is 2.67. The fourth-order valence-corrected chi connectivity index (χ4v) is 4.07. The Morgan fingerprint density at radius 1 is 1.21 bits per heavy atom. The number of alkyl halides is 3. The first-order valence-corrected chi connectivity index (χ1v) is 10.0. The first-order chi connectivity index (χ1) is 13.6. The maximum absolute atomic E-state index is 12.9. The van der Waals surface area contributed by atoms with E-state index in [1.165, 1.54) is 6.08 Å². The second-order valence-electron chi connectivity index (χ2n) is 7.37. The molecule has 1 heterocycles. The Bertz CT molecular complexity index is 781. The molecule has 2 rings (SSSR count). The summed E-state index contributed by atoms with van der Waals surface area (Å²) in [7, 11) is 0. The van der Waals surface area contributed by atoms with Crippen molar-refractivity contribution < 1.29 is 27.5 Å². The molecule has 162 valence electrons. The molecule has 0 saturated heterocycles. The minimum absolute atomic E-state index is 0.0957. The van der Waals surface area contributed by atoms with Crippen LogP contribution in [0.3, 0.4) is 0 Å². The van der Waals surface area contributed by atoms with Crippen molar-refractivity contribution in [1.29, 1.82) is 0 Å². The fraction of sp³-hybridized carbons (Fsp3) is 0.619. The van der Waals surface area contributed by atoms with Gasteiger partial charge in [-0.25, -0.2) is 4.79 Å². The van der Waals surface area contributed by atoms with Crippen molar-refractivity contribution in [3.05, 3.63) is 28.6 Å². The number of nitrogens with one attached hydrogen (secondary N) is 1. The monoisotopic (exact) mass is 414 g/mol. The van der Waals surface area contributed by atoms with Gasteiger partial charge < -0.3 is 14.6 Å². The first-order valence-electron chi connectivity index (χ1n) is 10.0. The van der Waals surface area contributed by atoms with E-state index in [0.29, 0.717) is 30.5 Å². The zero-order valence-corrected chi connectivity index (χ0v) is 17.4. The topological polar surface area (TPSA) is 60.3 Å². The summed E-state index contributed by atoms with van der Waals surface area (Å²) in [6, 6.07) is -0.500. The van der Waals surface area contributed by atoms with E-state index in [-0.39, 0.29) is 19.4 Å². The van der Waals surface area contributed by atoms with Crippen molar-refractivity contribution in [2.45, 2.75) is 72.1 Å². The summed E-state index contributed by atoms with van der Waals surface area (Å²) in [6.07, 6.45) is -0.430. The van der Waals surface area contributed by atoms with E-state index in [1.807, 2.05) is 25.3 Å². The SMILES string of the molecule is CCOC(=O)c1c(/C=C/C(=O)NC2CCCC(C(F)(F)F)C2)c(C)n(CC)c1C. The van der Waals surface area contributed by atoms with Crippen LogP contribution in [0.15, 0.2) is 6.08 Å². The molecule has 0 radical (unpaired) electrons. The molecule has 1 aromatic heterocycles. The van der Waals surface area contributed by atoms with Gasteiger partial charge in [0.2, 0.25) is 5.91 Å². The molecule has 1 amide bonds. The van der Waals surface area contributed by atoms with E-state index in [2.05, 4.69) is 5.32 Å². The summed E-state index contributed by atoms with van der Waals surface area (Å²) in [5.74, 6) is -2.29. The highest BCUT2D eigenvalue weighted by molar-refractivity contribution is 5.98. The van der Waals surface area contributed by atoms with E-state index in [4.69, 9.17) is 4.74 Å². The molecule has 2 unspecified atom stereocenters. The van der Waals surface area contributed by atoms with Crippen LogP contribution in [0.25, 0.3) is 6.08 Å². The number of carbonyl (C=O) groups excluding carboxylic acids is 2. The highest BCUT2D eigenvalue weighted by Gasteiger charge is 2.42. The zero-order valence-electron chi connectivity index (χ0n) is 17.4. The minimum atomic E-state index is -4.23. The van der Waals surface area contributed by atoms with Gasteiger partial charge >= 0.3 is 12.1 Å². The second kappa shape index (κ2) is 9.50. The summed E-state index contributed by atoms with van der Waals surface area (Å²) >= 11 is 0. The number of nitrogens with zero attached hydrogens (tertiary/aromatic N) is 1. The van der Waals surface area contributed by atoms with Crippen LogP contribution >= 0.6 is 0 Å². The van der Waals surface area contributed by atoms with E-state index in [0.717, 1.165) is 11.4 Å². The Morgan fingerprint density at radius 3 is 2.48 bits per heavy atom. The Labute approximate surface area is 169 Å². The van der Waals surface area contributed by atoms with Crippen LogP contribution in [0.5, 0.6) is 0 Å². The van der Waals surface area contributed by atoms with Crippen LogP contribution in [-0.4, -0.2) is 35.3 Å². The lowest BCUT2D eigenvalue weighted by atomic mass is 9.85. The van der Waals surface area contributed by atoms with Crippen molar-refractivity contribution in [3.8, 4) is 0 Å². The quantitative estimate of drug-likeness (QED) is 0.549. The molecule has 8 heteroatoms. The molecule has 1 N–H and O–H groups in total. The van der Waals surface area contributed by atoms with Crippen LogP contribution in [-0.2, 0) is 16.1 Å². The molecular weight excluding hydrogens is 385 g/mol. The lowest BCUT2D eigenvalue weighted by Gasteiger charge is -2.30. The molecule has 1 fully saturated rings. The van der Waals surface area contributed by atoms with E-state index >= 15 is 0 Å². The molecule has 0 aliphatic heterocycles. The van der Waals surface area contributed by atoms with Crippen molar-refractivity contribution in [2.24, 2.45) is 5.92 Å². The first kappa shape index (κ1) is 23.0. The Kier molecular flexibility index (Phi) is 7.54. The molecule has 0 bridgehead atoms. The molecule has 1 aromatic rings. The fourth-order valence-electron chi connectivity index (χ4n) is 4.07. The predicted molar refractivity (Wildman–Crippen MR) is 105 cm³/mol. The number of ether oxygens (including phenoxy) is 1. The molecule has 1 aliphatic rings. The average molecular weight is 414 g/mol. The van der Waals surface area contributed by atoms with Crippen LogP contribution < -0.4 is 5.32 Å².